The monoisotopic (exact) mass is 537 g/mol. The molecule has 0 unspecified atom stereocenters. The number of carbonyl (C=O) groups excluding carboxylic acids is 4. The quantitative estimate of drug-likeness (QED) is 0.318. The number of amides is 3. The molecule has 3 amide bonds. The first kappa shape index (κ1) is 26.9. The van der Waals surface area contributed by atoms with Crippen molar-refractivity contribution in [3.05, 3.63) is 102 Å². The minimum atomic E-state index is -0.802. The van der Waals surface area contributed by atoms with E-state index in [9.17, 15) is 19.2 Å². The molecule has 0 saturated heterocycles. The van der Waals surface area contributed by atoms with Crippen LogP contribution in [-0.4, -0.2) is 48.1 Å². The van der Waals surface area contributed by atoms with Crippen molar-refractivity contribution in [2.45, 2.75) is 31.8 Å². The molecule has 1 aliphatic carbocycles. The summed E-state index contributed by atoms with van der Waals surface area (Å²) >= 11 is 0. The van der Waals surface area contributed by atoms with Crippen molar-refractivity contribution in [3.8, 4) is 5.75 Å². The van der Waals surface area contributed by atoms with Crippen molar-refractivity contribution in [2.24, 2.45) is 5.92 Å². The molecule has 5 rings (SSSR count). The van der Waals surface area contributed by atoms with Gasteiger partial charge in [0.1, 0.15) is 18.3 Å². The van der Waals surface area contributed by atoms with Gasteiger partial charge >= 0.3 is 0 Å². The Morgan fingerprint density at radius 1 is 0.975 bits per heavy atom. The van der Waals surface area contributed by atoms with E-state index in [1.54, 1.807) is 60.5 Å². The number of fused-ring (bicyclic) bond motifs is 1. The van der Waals surface area contributed by atoms with Crippen LogP contribution in [0.15, 0.2) is 91.0 Å². The van der Waals surface area contributed by atoms with Gasteiger partial charge in [0.2, 0.25) is 11.8 Å². The largest absolute Gasteiger partial charge is 0.497 e. The number of methoxy groups -OCH3 is 1. The van der Waals surface area contributed by atoms with Crippen molar-refractivity contribution in [3.63, 3.8) is 0 Å². The van der Waals surface area contributed by atoms with Crippen LogP contribution in [0.25, 0.3) is 0 Å². The molecule has 3 aromatic carbocycles. The number of Topliss-reactive ketones (excluding diaryl/α,β-unsaturated/α-hetero) is 1. The maximum Gasteiger partial charge on any atom is 0.299 e. The topological polar surface area (TPSA) is 96.0 Å². The molecular formula is C32H31N3O5. The van der Waals surface area contributed by atoms with Crippen LogP contribution in [0.2, 0.25) is 0 Å². The second kappa shape index (κ2) is 12.0. The Morgan fingerprint density at radius 2 is 1.70 bits per heavy atom. The summed E-state index contributed by atoms with van der Waals surface area (Å²) in [5, 5.41) is 2.99. The fraction of sp³-hybridized carbons (Fsp3) is 0.250. The molecule has 204 valence electrons. The summed E-state index contributed by atoms with van der Waals surface area (Å²) in [6, 6.07) is 22.3. The molecule has 0 aromatic heterocycles. The Balaban J connectivity index is 1.48. The van der Waals surface area contributed by atoms with E-state index in [4.69, 9.17) is 4.74 Å². The van der Waals surface area contributed by atoms with Crippen molar-refractivity contribution >= 4 is 34.9 Å². The second-order valence-electron chi connectivity index (χ2n) is 9.95. The summed E-state index contributed by atoms with van der Waals surface area (Å²) in [5.74, 6) is -1.56. The summed E-state index contributed by atoms with van der Waals surface area (Å²) in [5.41, 5.74) is 2.13. The Bertz CT molecular complexity index is 1430. The van der Waals surface area contributed by atoms with Crippen LogP contribution in [-0.2, 0) is 20.9 Å². The average molecular weight is 538 g/mol. The van der Waals surface area contributed by atoms with Crippen LogP contribution in [0.4, 0.5) is 11.4 Å². The zero-order valence-corrected chi connectivity index (χ0v) is 22.3. The standard InChI is InChI=1S/C32H31N3O5/c1-40-25-18-16-24(17-19-25)33-31(38)29(23-12-6-3-7-13-23)35(20-22-10-4-2-5-11-22)28(36)21-34-27-15-9-8-14-26(27)30(37)32(34)39/h2-6,8-11,14-19,23,29H,7,12-13,20-21H2,1H3,(H,33,38)/t23-,29-/m1/s1. The number of allylic oxidation sites excluding steroid dienone is 2. The number of ether oxygens (including phenoxy) is 1. The number of anilines is 2. The van der Waals surface area contributed by atoms with E-state index in [0.717, 1.165) is 18.4 Å². The molecule has 1 N–H and O–H groups in total. The first-order valence-electron chi connectivity index (χ1n) is 13.3. The predicted octanol–water partition coefficient (Wildman–Crippen LogP) is 4.62. The van der Waals surface area contributed by atoms with Gasteiger partial charge in [0, 0.05) is 12.2 Å². The van der Waals surface area contributed by atoms with Gasteiger partial charge in [-0.05, 0) is 67.1 Å². The van der Waals surface area contributed by atoms with E-state index in [1.807, 2.05) is 36.4 Å². The van der Waals surface area contributed by atoms with E-state index < -0.39 is 23.6 Å². The first-order valence-corrected chi connectivity index (χ1v) is 13.3. The molecule has 0 spiro atoms. The number of para-hydroxylation sites is 1. The number of rotatable bonds is 9. The third-order valence-corrected chi connectivity index (χ3v) is 7.41. The van der Waals surface area contributed by atoms with Gasteiger partial charge in [-0.2, -0.15) is 0 Å². The Kier molecular flexibility index (Phi) is 8.05. The zero-order valence-electron chi connectivity index (χ0n) is 22.3. The first-order chi connectivity index (χ1) is 19.5. The minimum Gasteiger partial charge on any atom is -0.497 e. The van der Waals surface area contributed by atoms with E-state index in [0.29, 0.717) is 23.5 Å². The zero-order chi connectivity index (χ0) is 28.1. The minimum absolute atomic E-state index is 0.126. The molecule has 0 radical (unpaired) electrons. The van der Waals surface area contributed by atoms with Gasteiger partial charge in [0.25, 0.3) is 11.7 Å². The molecule has 40 heavy (non-hydrogen) atoms. The number of hydrogen-bond acceptors (Lipinski definition) is 5. The Labute approximate surface area is 233 Å². The van der Waals surface area contributed by atoms with E-state index in [2.05, 4.69) is 11.4 Å². The van der Waals surface area contributed by atoms with Gasteiger partial charge < -0.3 is 15.0 Å². The van der Waals surface area contributed by atoms with Gasteiger partial charge in [0.05, 0.1) is 18.4 Å². The number of nitrogens with zero attached hydrogens (tertiary/aromatic N) is 2. The molecular weight excluding hydrogens is 506 g/mol. The molecule has 2 aliphatic rings. The molecule has 0 saturated carbocycles. The number of nitrogens with one attached hydrogen (secondary N) is 1. The van der Waals surface area contributed by atoms with E-state index in [-0.39, 0.29) is 30.5 Å². The second-order valence-corrected chi connectivity index (χ2v) is 9.95. The highest BCUT2D eigenvalue weighted by molar-refractivity contribution is 6.52. The molecule has 1 heterocycles. The summed E-state index contributed by atoms with van der Waals surface area (Å²) in [7, 11) is 1.57. The maximum atomic E-state index is 14.1. The van der Waals surface area contributed by atoms with Gasteiger partial charge in [-0.25, -0.2) is 0 Å². The number of benzene rings is 3. The lowest BCUT2D eigenvalue weighted by Crippen LogP contribution is -2.54. The van der Waals surface area contributed by atoms with E-state index >= 15 is 0 Å². The lowest BCUT2D eigenvalue weighted by Gasteiger charge is -2.37. The van der Waals surface area contributed by atoms with Crippen molar-refractivity contribution in [2.75, 3.05) is 23.9 Å². The Hall–Kier alpha value is -4.72. The van der Waals surface area contributed by atoms with Crippen LogP contribution in [0.3, 0.4) is 0 Å². The Morgan fingerprint density at radius 3 is 2.40 bits per heavy atom. The van der Waals surface area contributed by atoms with Crippen LogP contribution < -0.4 is 15.0 Å². The predicted molar refractivity (Wildman–Crippen MR) is 152 cm³/mol. The van der Waals surface area contributed by atoms with E-state index in [1.165, 1.54) is 4.90 Å². The fourth-order valence-electron chi connectivity index (χ4n) is 5.36. The number of carbonyl (C=O) groups is 4. The summed E-state index contributed by atoms with van der Waals surface area (Å²) in [6.45, 7) is -0.165. The molecule has 1 aliphatic heterocycles. The van der Waals surface area contributed by atoms with Crippen molar-refractivity contribution < 1.29 is 23.9 Å². The SMILES string of the molecule is COc1ccc(NC(=O)[C@@H]([C@@H]2CC=CCC2)N(Cc2ccccc2)C(=O)CN2C(=O)C(=O)c3ccccc32)cc1. The van der Waals surface area contributed by atoms with Crippen LogP contribution in [0.1, 0.15) is 35.2 Å². The highest BCUT2D eigenvalue weighted by Gasteiger charge is 2.41. The molecule has 8 nitrogen and oxygen atoms in total. The summed E-state index contributed by atoms with van der Waals surface area (Å²) in [6.07, 6.45) is 6.31. The lowest BCUT2D eigenvalue weighted by molar-refractivity contribution is -0.140. The third-order valence-electron chi connectivity index (χ3n) is 7.41. The summed E-state index contributed by atoms with van der Waals surface area (Å²) in [4.78, 5) is 56.3. The molecule has 8 heteroatoms. The van der Waals surface area contributed by atoms with Crippen LogP contribution in [0, 0.1) is 5.92 Å². The van der Waals surface area contributed by atoms with Gasteiger partial charge in [-0.1, -0.05) is 54.6 Å². The number of ketones is 1. The summed E-state index contributed by atoms with van der Waals surface area (Å²) < 4.78 is 5.23. The van der Waals surface area contributed by atoms with Gasteiger partial charge in [-0.3, -0.25) is 24.1 Å². The number of hydrogen-bond donors (Lipinski definition) is 1. The normalized spacial score (nSPS) is 16.8. The van der Waals surface area contributed by atoms with Gasteiger partial charge in [-0.15, -0.1) is 0 Å². The fourth-order valence-corrected chi connectivity index (χ4v) is 5.36. The molecule has 3 aromatic rings. The highest BCUT2D eigenvalue weighted by atomic mass is 16.5. The van der Waals surface area contributed by atoms with Crippen LogP contribution in [0.5, 0.6) is 5.75 Å². The smallest absolute Gasteiger partial charge is 0.299 e. The average Bonchev–Trinajstić information content (AvgIpc) is 3.23. The maximum absolute atomic E-state index is 14.1. The molecule has 2 atom stereocenters. The lowest BCUT2D eigenvalue weighted by atomic mass is 9.85. The highest BCUT2D eigenvalue weighted by Crippen LogP contribution is 2.31. The molecule has 0 fully saturated rings. The van der Waals surface area contributed by atoms with Crippen molar-refractivity contribution in [1.29, 1.82) is 0 Å². The molecule has 0 bridgehead atoms. The van der Waals surface area contributed by atoms with Crippen LogP contribution >= 0.6 is 0 Å². The van der Waals surface area contributed by atoms with Gasteiger partial charge in [0.15, 0.2) is 0 Å². The third kappa shape index (κ3) is 5.66. The van der Waals surface area contributed by atoms with Crippen molar-refractivity contribution in [1.82, 2.24) is 4.90 Å².